The lowest BCUT2D eigenvalue weighted by molar-refractivity contribution is -0.142. The van der Waals surface area contributed by atoms with E-state index < -0.39 is 0 Å². The number of carbonyl (C=O) groups excluding carboxylic acids is 1. The van der Waals surface area contributed by atoms with Crippen LogP contribution in [0.2, 0.25) is 5.02 Å². The van der Waals surface area contributed by atoms with Crippen LogP contribution in [0.25, 0.3) is 0 Å². The molecule has 2 atom stereocenters. The predicted octanol–water partition coefficient (Wildman–Crippen LogP) is 4.86. The molecule has 2 aromatic carbocycles. The minimum atomic E-state index is 0.0304. The number of hydrogen-bond donors (Lipinski definition) is 0. The first-order chi connectivity index (χ1) is 12.5. The fourth-order valence-corrected chi connectivity index (χ4v) is 3.64. The second-order valence-corrected chi connectivity index (χ2v) is 7.13. The molecule has 0 aliphatic carbocycles. The van der Waals surface area contributed by atoms with Gasteiger partial charge in [-0.05, 0) is 42.7 Å². The number of benzene rings is 2. The quantitative estimate of drug-likeness (QED) is 0.751. The maximum absolute atomic E-state index is 12.9. The molecule has 3 rings (SSSR count). The number of methoxy groups -OCH3 is 2. The summed E-state index contributed by atoms with van der Waals surface area (Å²) in [6.45, 7) is 2.50. The van der Waals surface area contributed by atoms with Gasteiger partial charge >= 0.3 is 0 Å². The molecule has 1 saturated heterocycles. The van der Waals surface area contributed by atoms with Gasteiger partial charge in [0.1, 0.15) is 11.5 Å². The maximum Gasteiger partial charge on any atom is 0.226 e. The van der Waals surface area contributed by atoms with Crippen LogP contribution in [0.15, 0.2) is 42.5 Å². The Hall–Kier alpha value is -2.20. The summed E-state index contributed by atoms with van der Waals surface area (Å²) < 4.78 is 10.8. The van der Waals surface area contributed by atoms with Crippen molar-refractivity contribution in [3.05, 3.63) is 58.6 Å². The van der Waals surface area contributed by atoms with E-state index in [0.29, 0.717) is 11.6 Å². The zero-order chi connectivity index (χ0) is 18.7. The zero-order valence-corrected chi connectivity index (χ0v) is 16.1. The van der Waals surface area contributed by atoms with E-state index in [-0.39, 0.29) is 17.9 Å². The van der Waals surface area contributed by atoms with E-state index in [0.717, 1.165) is 35.5 Å². The molecular weight excluding hydrogens is 350 g/mol. The Bertz CT molecular complexity index is 775. The summed E-state index contributed by atoms with van der Waals surface area (Å²) in [7, 11) is 3.26. The minimum absolute atomic E-state index is 0.0304. The molecule has 0 radical (unpaired) electrons. The van der Waals surface area contributed by atoms with Crippen molar-refractivity contribution < 1.29 is 14.3 Å². The molecule has 1 amide bonds. The van der Waals surface area contributed by atoms with Crippen molar-refractivity contribution in [2.75, 3.05) is 14.2 Å². The van der Waals surface area contributed by atoms with Gasteiger partial charge in [-0.2, -0.15) is 0 Å². The molecule has 1 heterocycles. The van der Waals surface area contributed by atoms with Gasteiger partial charge < -0.3 is 14.4 Å². The van der Waals surface area contributed by atoms with Crippen LogP contribution in [0.3, 0.4) is 0 Å². The summed E-state index contributed by atoms with van der Waals surface area (Å²) in [5.41, 5.74) is 2.08. The van der Waals surface area contributed by atoms with Crippen LogP contribution in [0.1, 0.15) is 36.9 Å². The normalized spacial score (nSPS) is 20.2. The van der Waals surface area contributed by atoms with E-state index in [1.807, 2.05) is 54.3 Å². The van der Waals surface area contributed by atoms with Gasteiger partial charge in [0.2, 0.25) is 5.91 Å². The first-order valence-corrected chi connectivity index (χ1v) is 9.18. The predicted molar refractivity (Wildman–Crippen MR) is 103 cm³/mol. The van der Waals surface area contributed by atoms with Crippen LogP contribution in [0.5, 0.6) is 11.5 Å². The molecule has 0 bridgehead atoms. The number of amides is 1. The summed E-state index contributed by atoms with van der Waals surface area (Å²) in [6.07, 6.45) is 1.83. The van der Waals surface area contributed by atoms with Crippen LogP contribution in [0.4, 0.5) is 0 Å². The van der Waals surface area contributed by atoms with Gasteiger partial charge in [-0.1, -0.05) is 30.7 Å². The van der Waals surface area contributed by atoms with Crippen LogP contribution in [-0.2, 0) is 11.3 Å². The summed E-state index contributed by atoms with van der Waals surface area (Å²) in [5, 5.41) is 0.702. The molecule has 5 heteroatoms. The average molecular weight is 374 g/mol. The van der Waals surface area contributed by atoms with Crippen LogP contribution >= 0.6 is 11.6 Å². The number of hydrogen-bond acceptors (Lipinski definition) is 3. The van der Waals surface area contributed by atoms with Gasteiger partial charge in [-0.25, -0.2) is 0 Å². The third kappa shape index (κ3) is 3.80. The van der Waals surface area contributed by atoms with E-state index in [9.17, 15) is 4.79 Å². The van der Waals surface area contributed by atoms with Crippen molar-refractivity contribution in [2.24, 2.45) is 5.92 Å². The molecule has 0 saturated carbocycles. The van der Waals surface area contributed by atoms with Crippen molar-refractivity contribution >= 4 is 17.5 Å². The second-order valence-electron chi connectivity index (χ2n) is 6.69. The van der Waals surface area contributed by atoms with Gasteiger partial charge in [0.05, 0.1) is 20.3 Å². The monoisotopic (exact) mass is 373 g/mol. The fraction of sp³-hybridized carbons (Fsp3) is 0.381. The third-order valence-corrected chi connectivity index (χ3v) is 5.30. The molecule has 2 unspecified atom stereocenters. The summed E-state index contributed by atoms with van der Waals surface area (Å²) in [6, 6.07) is 13.5. The molecular formula is C21H24ClNO3. The highest BCUT2D eigenvalue weighted by Gasteiger charge is 2.34. The van der Waals surface area contributed by atoms with Crippen molar-refractivity contribution in [1.29, 1.82) is 0 Å². The lowest BCUT2D eigenvalue weighted by Gasteiger charge is -2.39. The highest BCUT2D eigenvalue weighted by molar-refractivity contribution is 6.30. The lowest BCUT2D eigenvalue weighted by atomic mass is 9.89. The first-order valence-electron chi connectivity index (χ1n) is 8.80. The second kappa shape index (κ2) is 8.00. The fourth-order valence-electron chi connectivity index (χ4n) is 3.51. The van der Waals surface area contributed by atoms with Crippen molar-refractivity contribution in [2.45, 2.75) is 32.4 Å². The molecule has 2 aromatic rings. The summed E-state index contributed by atoms with van der Waals surface area (Å²) >= 11 is 6.03. The molecule has 4 nitrogen and oxygen atoms in total. The number of carbonyl (C=O) groups is 1. The number of halogens is 1. The third-order valence-electron chi connectivity index (χ3n) is 5.04. The molecule has 26 heavy (non-hydrogen) atoms. The number of rotatable bonds is 5. The van der Waals surface area contributed by atoms with Crippen LogP contribution in [-0.4, -0.2) is 25.0 Å². The summed E-state index contributed by atoms with van der Waals surface area (Å²) in [4.78, 5) is 14.9. The van der Waals surface area contributed by atoms with Crippen molar-refractivity contribution in [1.82, 2.24) is 4.90 Å². The van der Waals surface area contributed by atoms with Crippen molar-refractivity contribution in [3.63, 3.8) is 0 Å². The smallest absolute Gasteiger partial charge is 0.226 e. The van der Waals surface area contributed by atoms with Gasteiger partial charge in [-0.3, -0.25) is 4.79 Å². The Balaban J connectivity index is 1.92. The Morgan fingerprint density at radius 2 is 1.81 bits per heavy atom. The van der Waals surface area contributed by atoms with Crippen molar-refractivity contribution in [3.8, 4) is 11.5 Å². The largest absolute Gasteiger partial charge is 0.497 e. The number of likely N-dealkylation sites (tertiary alicyclic amines) is 1. The number of nitrogens with zero attached hydrogens (tertiary/aromatic N) is 1. The summed E-state index contributed by atoms with van der Waals surface area (Å²) in [5.74, 6) is 1.67. The van der Waals surface area contributed by atoms with Crippen LogP contribution < -0.4 is 9.47 Å². The SMILES string of the molecule is COc1ccc(CN2C(=O)C(C)CCC2c2ccc(Cl)cc2)c(OC)c1. The standard InChI is InChI=1S/C21H24ClNO3/c1-14-4-11-19(15-5-8-17(22)9-6-15)23(21(14)24)13-16-7-10-18(25-2)12-20(16)26-3/h5-10,12,14,19H,4,11,13H2,1-3H3. The Labute approximate surface area is 159 Å². The Morgan fingerprint density at radius 3 is 2.46 bits per heavy atom. The number of ether oxygens (including phenoxy) is 2. The molecule has 0 spiro atoms. The molecule has 138 valence electrons. The zero-order valence-electron chi connectivity index (χ0n) is 15.4. The maximum atomic E-state index is 12.9. The van der Waals surface area contributed by atoms with E-state index in [4.69, 9.17) is 21.1 Å². The number of piperidine rings is 1. The molecule has 0 N–H and O–H groups in total. The van der Waals surface area contributed by atoms with E-state index >= 15 is 0 Å². The highest BCUT2D eigenvalue weighted by atomic mass is 35.5. The van der Waals surface area contributed by atoms with E-state index in [1.165, 1.54) is 0 Å². The lowest BCUT2D eigenvalue weighted by Crippen LogP contribution is -2.42. The highest BCUT2D eigenvalue weighted by Crippen LogP contribution is 2.37. The topological polar surface area (TPSA) is 38.8 Å². The van der Waals surface area contributed by atoms with Gasteiger partial charge in [0, 0.05) is 29.1 Å². The first kappa shape index (κ1) is 18.6. The van der Waals surface area contributed by atoms with Gasteiger partial charge in [0.15, 0.2) is 0 Å². The van der Waals surface area contributed by atoms with E-state index in [2.05, 4.69) is 0 Å². The minimum Gasteiger partial charge on any atom is -0.497 e. The molecule has 1 fully saturated rings. The Kier molecular flexibility index (Phi) is 5.72. The van der Waals surface area contributed by atoms with E-state index in [1.54, 1.807) is 14.2 Å². The molecule has 1 aliphatic rings. The van der Waals surface area contributed by atoms with Crippen LogP contribution in [0, 0.1) is 5.92 Å². The van der Waals surface area contributed by atoms with Gasteiger partial charge in [0.25, 0.3) is 0 Å². The molecule has 1 aliphatic heterocycles. The molecule has 0 aromatic heterocycles. The van der Waals surface area contributed by atoms with Gasteiger partial charge in [-0.15, -0.1) is 0 Å². The average Bonchev–Trinajstić information content (AvgIpc) is 2.66. The Morgan fingerprint density at radius 1 is 1.08 bits per heavy atom.